The molecular weight excluding hydrogens is 282 g/mol. The van der Waals surface area contributed by atoms with Crippen molar-refractivity contribution in [3.05, 3.63) is 48.0 Å². The first-order valence-electron chi connectivity index (χ1n) is 7.36. The molecule has 108 valence electrons. The fourth-order valence-corrected chi connectivity index (χ4v) is 4.56. The molecule has 2 atom stereocenters. The third-order valence-corrected chi connectivity index (χ3v) is 5.55. The van der Waals surface area contributed by atoms with Gasteiger partial charge in [-0.2, -0.15) is 0 Å². The van der Waals surface area contributed by atoms with Crippen LogP contribution < -0.4 is 0 Å². The van der Waals surface area contributed by atoms with E-state index in [1.807, 2.05) is 23.2 Å². The van der Waals surface area contributed by atoms with E-state index >= 15 is 0 Å². The highest BCUT2D eigenvalue weighted by Crippen LogP contribution is 2.42. The molecule has 2 aliphatic heterocycles. The lowest BCUT2D eigenvalue weighted by Gasteiger charge is -2.26. The lowest BCUT2D eigenvalue weighted by Crippen LogP contribution is -2.35. The summed E-state index contributed by atoms with van der Waals surface area (Å²) in [6, 6.07) is 8.39. The van der Waals surface area contributed by atoms with Gasteiger partial charge in [0.15, 0.2) is 0 Å². The van der Waals surface area contributed by atoms with Crippen LogP contribution in [0.2, 0.25) is 0 Å². The van der Waals surface area contributed by atoms with E-state index in [4.69, 9.17) is 0 Å². The zero-order chi connectivity index (χ0) is 14.2. The largest absolute Gasteiger partial charge is 0.347 e. The topological polar surface area (TPSA) is 49.0 Å². The SMILES string of the molecule is O=C([C@H]1CSc2ccccc21)N1CCC[C@H]1c1ncc[nH]1. The van der Waals surface area contributed by atoms with Gasteiger partial charge in [0.2, 0.25) is 5.91 Å². The third-order valence-electron chi connectivity index (χ3n) is 4.37. The molecule has 1 fully saturated rings. The second kappa shape index (κ2) is 5.22. The molecule has 0 unspecified atom stereocenters. The summed E-state index contributed by atoms with van der Waals surface area (Å²) in [5.41, 5.74) is 1.19. The van der Waals surface area contributed by atoms with Crippen LogP contribution in [0.5, 0.6) is 0 Å². The lowest BCUT2D eigenvalue weighted by atomic mass is 9.99. The zero-order valence-corrected chi connectivity index (χ0v) is 12.5. The number of H-pyrrole nitrogens is 1. The molecular formula is C16H17N3OS. The van der Waals surface area contributed by atoms with Crippen molar-refractivity contribution in [2.45, 2.75) is 29.7 Å². The first-order valence-corrected chi connectivity index (χ1v) is 8.34. The minimum absolute atomic E-state index is 0.00163. The van der Waals surface area contributed by atoms with E-state index in [1.54, 1.807) is 18.0 Å². The molecule has 5 heteroatoms. The molecule has 2 aromatic rings. The normalized spacial score (nSPS) is 24.3. The molecule has 0 radical (unpaired) electrons. The number of thioether (sulfide) groups is 1. The average molecular weight is 299 g/mol. The number of benzene rings is 1. The Morgan fingerprint density at radius 1 is 1.38 bits per heavy atom. The summed E-state index contributed by atoms with van der Waals surface area (Å²) in [6.07, 6.45) is 5.65. The van der Waals surface area contributed by atoms with E-state index in [-0.39, 0.29) is 17.9 Å². The Labute approximate surface area is 128 Å². The monoisotopic (exact) mass is 299 g/mol. The van der Waals surface area contributed by atoms with Crippen LogP contribution in [0.15, 0.2) is 41.6 Å². The number of fused-ring (bicyclic) bond motifs is 1. The van der Waals surface area contributed by atoms with Crippen molar-refractivity contribution in [2.24, 2.45) is 0 Å². The molecule has 1 aromatic carbocycles. The number of hydrogen-bond donors (Lipinski definition) is 1. The minimum Gasteiger partial charge on any atom is -0.347 e. The van der Waals surface area contributed by atoms with Crippen LogP contribution in [-0.4, -0.2) is 33.1 Å². The second-order valence-corrected chi connectivity index (χ2v) is 6.63. The third kappa shape index (κ3) is 2.16. The number of likely N-dealkylation sites (tertiary alicyclic amines) is 1. The molecule has 2 aliphatic rings. The standard InChI is InChI=1S/C16H17N3OS/c20-16(12-10-21-14-6-2-1-4-11(12)14)19-9-3-5-13(19)15-17-7-8-18-15/h1-2,4,6-8,12-13H,3,5,9-10H2,(H,17,18)/t12-,13-/m0/s1. The van der Waals surface area contributed by atoms with Crippen LogP contribution in [0.3, 0.4) is 0 Å². The smallest absolute Gasteiger partial charge is 0.231 e. The van der Waals surface area contributed by atoms with Gasteiger partial charge in [-0.1, -0.05) is 18.2 Å². The van der Waals surface area contributed by atoms with Crippen molar-refractivity contribution in [3.8, 4) is 0 Å². The summed E-state index contributed by atoms with van der Waals surface area (Å²) in [5, 5.41) is 0. The Morgan fingerprint density at radius 3 is 3.14 bits per heavy atom. The molecule has 1 aromatic heterocycles. The number of nitrogens with zero attached hydrogens (tertiary/aromatic N) is 2. The number of carbonyl (C=O) groups is 1. The Balaban J connectivity index is 1.61. The molecule has 0 spiro atoms. The predicted molar refractivity (Wildman–Crippen MR) is 82.2 cm³/mol. The van der Waals surface area contributed by atoms with Crippen LogP contribution in [-0.2, 0) is 4.79 Å². The first kappa shape index (κ1) is 13.0. The van der Waals surface area contributed by atoms with Crippen LogP contribution in [0.25, 0.3) is 0 Å². The number of amides is 1. The van der Waals surface area contributed by atoms with Gasteiger partial charge >= 0.3 is 0 Å². The van der Waals surface area contributed by atoms with Crippen molar-refractivity contribution >= 4 is 17.7 Å². The maximum atomic E-state index is 13.0. The van der Waals surface area contributed by atoms with E-state index in [2.05, 4.69) is 22.1 Å². The van der Waals surface area contributed by atoms with Gasteiger partial charge in [-0.3, -0.25) is 4.79 Å². The van der Waals surface area contributed by atoms with Crippen molar-refractivity contribution in [2.75, 3.05) is 12.3 Å². The van der Waals surface area contributed by atoms with Crippen LogP contribution in [0, 0.1) is 0 Å². The van der Waals surface area contributed by atoms with Crippen molar-refractivity contribution in [1.82, 2.24) is 14.9 Å². The molecule has 0 saturated carbocycles. The predicted octanol–water partition coefficient (Wildman–Crippen LogP) is 2.96. The maximum absolute atomic E-state index is 13.0. The molecule has 4 nitrogen and oxygen atoms in total. The molecule has 0 bridgehead atoms. The van der Waals surface area contributed by atoms with Crippen molar-refractivity contribution in [1.29, 1.82) is 0 Å². The van der Waals surface area contributed by atoms with Gasteiger partial charge in [-0.25, -0.2) is 4.98 Å². The Morgan fingerprint density at radius 2 is 2.29 bits per heavy atom. The van der Waals surface area contributed by atoms with Gasteiger partial charge in [0.1, 0.15) is 5.82 Å². The fraction of sp³-hybridized carbons (Fsp3) is 0.375. The molecule has 1 saturated heterocycles. The minimum atomic E-state index is 0.00163. The number of rotatable bonds is 2. The number of nitrogens with one attached hydrogen (secondary N) is 1. The van der Waals surface area contributed by atoms with Crippen LogP contribution in [0.4, 0.5) is 0 Å². The van der Waals surface area contributed by atoms with E-state index in [1.165, 1.54) is 10.5 Å². The van der Waals surface area contributed by atoms with Crippen molar-refractivity contribution < 1.29 is 4.79 Å². The molecule has 4 rings (SSSR count). The molecule has 3 heterocycles. The highest BCUT2D eigenvalue weighted by atomic mass is 32.2. The quantitative estimate of drug-likeness (QED) is 0.927. The first-order chi connectivity index (χ1) is 10.3. The van der Waals surface area contributed by atoms with Crippen LogP contribution in [0.1, 0.15) is 36.2 Å². The number of aromatic amines is 1. The summed E-state index contributed by atoms with van der Waals surface area (Å²) < 4.78 is 0. The van der Waals surface area contributed by atoms with Crippen molar-refractivity contribution in [3.63, 3.8) is 0 Å². The molecule has 1 amide bonds. The lowest BCUT2D eigenvalue weighted by molar-refractivity contribution is -0.133. The zero-order valence-electron chi connectivity index (χ0n) is 11.7. The van der Waals surface area contributed by atoms with E-state index in [9.17, 15) is 4.79 Å². The number of aromatic nitrogens is 2. The summed E-state index contributed by atoms with van der Waals surface area (Å²) in [4.78, 5) is 23.8. The highest BCUT2D eigenvalue weighted by molar-refractivity contribution is 7.99. The maximum Gasteiger partial charge on any atom is 0.231 e. The van der Waals surface area contributed by atoms with E-state index in [0.717, 1.165) is 31.0 Å². The van der Waals surface area contributed by atoms with Crippen LogP contribution >= 0.6 is 11.8 Å². The Bertz CT molecular complexity index is 655. The molecule has 21 heavy (non-hydrogen) atoms. The fourth-order valence-electron chi connectivity index (χ4n) is 3.34. The van der Waals surface area contributed by atoms with E-state index < -0.39 is 0 Å². The number of carbonyl (C=O) groups excluding carboxylic acids is 1. The van der Waals surface area contributed by atoms with Gasteiger partial charge in [0.25, 0.3) is 0 Å². The summed E-state index contributed by atoms with van der Waals surface area (Å²) in [7, 11) is 0. The van der Waals surface area contributed by atoms with Gasteiger partial charge in [-0.15, -0.1) is 11.8 Å². The second-order valence-electron chi connectivity index (χ2n) is 5.57. The van der Waals surface area contributed by atoms with Gasteiger partial charge in [-0.05, 0) is 24.5 Å². The summed E-state index contributed by atoms with van der Waals surface area (Å²) >= 11 is 1.79. The van der Waals surface area contributed by atoms with Gasteiger partial charge in [0, 0.05) is 29.6 Å². The summed E-state index contributed by atoms with van der Waals surface area (Å²) in [5.74, 6) is 2.03. The number of hydrogen-bond acceptors (Lipinski definition) is 3. The highest BCUT2D eigenvalue weighted by Gasteiger charge is 2.38. The van der Waals surface area contributed by atoms with Gasteiger partial charge < -0.3 is 9.88 Å². The Kier molecular flexibility index (Phi) is 3.22. The molecule has 0 aliphatic carbocycles. The molecule has 1 N–H and O–H groups in total. The van der Waals surface area contributed by atoms with Gasteiger partial charge in [0.05, 0.1) is 12.0 Å². The summed E-state index contributed by atoms with van der Waals surface area (Å²) in [6.45, 7) is 0.841. The van der Waals surface area contributed by atoms with E-state index in [0.29, 0.717) is 0 Å². The Hall–Kier alpha value is -1.75. The average Bonchev–Trinajstić information content (AvgIpc) is 3.25. The number of imidazole rings is 1.